The number of ether oxygens (including phenoxy) is 2. The van der Waals surface area contributed by atoms with Gasteiger partial charge in [0.25, 0.3) is 0 Å². The summed E-state index contributed by atoms with van der Waals surface area (Å²) in [6.45, 7) is 2.16. The molecule has 0 fully saturated rings. The number of rotatable bonds is 6. The molecule has 1 aliphatic heterocycles. The quantitative estimate of drug-likeness (QED) is 0.492. The molecule has 0 saturated heterocycles. The number of carbonyl (C=O) groups excluding carboxylic acids is 1. The van der Waals surface area contributed by atoms with E-state index in [0.29, 0.717) is 10.9 Å². The van der Waals surface area contributed by atoms with E-state index in [2.05, 4.69) is 10.3 Å². The third-order valence-corrected chi connectivity index (χ3v) is 5.34. The molecule has 2 heterocycles. The number of benzene rings is 2. The highest BCUT2D eigenvalue weighted by molar-refractivity contribution is 7.99. The van der Waals surface area contributed by atoms with Gasteiger partial charge in [0, 0.05) is 5.56 Å². The minimum Gasteiger partial charge on any atom is -0.454 e. The highest BCUT2D eigenvalue weighted by atomic mass is 32.2. The van der Waals surface area contributed by atoms with Crippen LogP contribution in [0.5, 0.6) is 11.5 Å². The van der Waals surface area contributed by atoms with Crippen LogP contribution in [-0.4, -0.2) is 28.1 Å². The first-order valence-electron chi connectivity index (χ1n) is 8.82. The third-order valence-electron chi connectivity index (χ3n) is 4.37. The van der Waals surface area contributed by atoms with E-state index in [4.69, 9.17) is 15.3 Å². The number of hydrogen-bond donors (Lipinski definition) is 2. The Morgan fingerprint density at radius 2 is 2.04 bits per heavy atom. The average Bonchev–Trinajstić information content (AvgIpc) is 3.32. The van der Waals surface area contributed by atoms with E-state index in [1.807, 2.05) is 55.5 Å². The van der Waals surface area contributed by atoms with Gasteiger partial charge in [-0.25, -0.2) is 9.66 Å². The first-order valence-corrected chi connectivity index (χ1v) is 9.80. The summed E-state index contributed by atoms with van der Waals surface area (Å²) in [5, 5.41) is 3.57. The van der Waals surface area contributed by atoms with E-state index >= 15 is 0 Å². The molecule has 1 amide bonds. The van der Waals surface area contributed by atoms with Gasteiger partial charge < -0.3 is 20.6 Å². The van der Waals surface area contributed by atoms with Crippen LogP contribution < -0.4 is 20.6 Å². The van der Waals surface area contributed by atoms with Gasteiger partial charge in [-0.2, -0.15) is 0 Å². The molecule has 3 N–H and O–H groups in total. The molecule has 1 aliphatic rings. The molecule has 0 unspecified atom stereocenters. The SMILES string of the molecule is C[C@H](NC(=O)CSc1nc(-c2ccccc2)cn1N)c1ccc2c(c1)OCO2. The van der Waals surface area contributed by atoms with Gasteiger partial charge in [0.05, 0.1) is 23.7 Å². The summed E-state index contributed by atoms with van der Waals surface area (Å²) in [6.07, 6.45) is 1.75. The third kappa shape index (κ3) is 3.91. The predicted molar refractivity (Wildman–Crippen MR) is 108 cm³/mol. The Balaban J connectivity index is 1.35. The molecule has 144 valence electrons. The van der Waals surface area contributed by atoms with Crippen LogP contribution in [0.1, 0.15) is 18.5 Å². The molecule has 8 heteroatoms. The number of thioether (sulfide) groups is 1. The summed E-state index contributed by atoms with van der Waals surface area (Å²) in [5.74, 6) is 7.53. The van der Waals surface area contributed by atoms with E-state index < -0.39 is 0 Å². The Morgan fingerprint density at radius 3 is 2.86 bits per heavy atom. The molecule has 0 radical (unpaired) electrons. The van der Waals surface area contributed by atoms with Crippen LogP contribution in [0.4, 0.5) is 0 Å². The molecule has 1 atom stereocenters. The molecular weight excluding hydrogens is 376 g/mol. The fourth-order valence-corrected chi connectivity index (χ4v) is 3.62. The van der Waals surface area contributed by atoms with Crippen LogP contribution >= 0.6 is 11.8 Å². The standard InChI is InChI=1S/C20H20N4O3S/c1-13(15-7-8-17-18(9-15)27-12-26-17)22-19(25)11-28-20-23-16(10-24(20)21)14-5-3-2-4-6-14/h2-10,13H,11-12,21H2,1H3,(H,22,25)/t13-/m0/s1. The number of nitrogen functional groups attached to an aromatic ring is 1. The lowest BCUT2D eigenvalue weighted by Crippen LogP contribution is -2.28. The van der Waals surface area contributed by atoms with Gasteiger partial charge in [0.1, 0.15) is 0 Å². The van der Waals surface area contributed by atoms with E-state index in [0.717, 1.165) is 22.6 Å². The number of carbonyl (C=O) groups is 1. The number of nitrogens with one attached hydrogen (secondary N) is 1. The summed E-state index contributed by atoms with van der Waals surface area (Å²) < 4.78 is 12.1. The van der Waals surface area contributed by atoms with Gasteiger partial charge in [-0.3, -0.25) is 4.79 Å². The molecule has 7 nitrogen and oxygen atoms in total. The summed E-state index contributed by atoms with van der Waals surface area (Å²) in [6, 6.07) is 15.3. The van der Waals surface area contributed by atoms with Crippen molar-refractivity contribution < 1.29 is 14.3 Å². The molecule has 3 aromatic rings. The van der Waals surface area contributed by atoms with Crippen LogP contribution in [0.3, 0.4) is 0 Å². The molecule has 1 aromatic heterocycles. The van der Waals surface area contributed by atoms with Crippen molar-refractivity contribution in [2.75, 3.05) is 18.4 Å². The fraction of sp³-hybridized carbons (Fsp3) is 0.200. The zero-order valence-corrected chi connectivity index (χ0v) is 16.1. The Kier molecular flexibility index (Phi) is 5.12. The summed E-state index contributed by atoms with van der Waals surface area (Å²) in [4.78, 5) is 16.9. The largest absolute Gasteiger partial charge is 0.454 e. The maximum atomic E-state index is 12.4. The number of imidazole rings is 1. The van der Waals surface area contributed by atoms with Crippen molar-refractivity contribution in [1.29, 1.82) is 0 Å². The van der Waals surface area contributed by atoms with Crippen molar-refractivity contribution in [3.05, 3.63) is 60.3 Å². The molecule has 28 heavy (non-hydrogen) atoms. The highest BCUT2D eigenvalue weighted by Crippen LogP contribution is 2.34. The van der Waals surface area contributed by atoms with Crippen molar-refractivity contribution in [2.45, 2.75) is 18.1 Å². The summed E-state index contributed by atoms with van der Waals surface area (Å²) in [5.41, 5.74) is 2.71. The number of aromatic nitrogens is 2. The zero-order valence-electron chi connectivity index (χ0n) is 15.3. The average molecular weight is 396 g/mol. The predicted octanol–water partition coefficient (Wildman–Crippen LogP) is 2.96. The first kappa shape index (κ1) is 18.2. The second-order valence-corrected chi connectivity index (χ2v) is 7.32. The normalized spacial score (nSPS) is 13.3. The topological polar surface area (TPSA) is 91.4 Å². The summed E-state index contributed by atoms with van der Waals surface area (Å²) >= 11 is 1.30. The minimum atomic E-state index is -0.153. The maximum Gasteiger partial charge on any atom is 0.231 e. The van der Waals surface area contributed by atoms with Crippen LogP contribution in [0, 0.1) is 0 Å². The van der Waals surface area contributed by atoms with E-state index in [-0.39, 0.29) is 24.5 Å². The molecule has 0 spiro atoms. The maximum absolute atomic E-state index is 12.4. The lowest BCUT2D eigenvalue weighted by Gasteiger charge is -2.14. The van der Waals surface area contributed by atoms with Crippen molar-refractivity contribution in [1.82, 2.24) is 15.0 Å². The van der Waals surface area contributed by atoms with E-state index in [1.165, 1.54) is 16.4 Å². The summed E-state index contributed by atoms with van der Waals surface area (Å²) in [7, 11) is 0. The second kappa shape index (κ2) is 7.85. The molecular formula is C20H20N4O3S. The molecule has 0 aliphatic carbocycles. The lowest BCUT2D eigenvalue weighted by molar-refractivity contribution is -0.119. The van der Waals surface area contributed by atoms with Crippen LogP contribution in [0.15, 0.2) is 59.9 Å². The van der Waals surface area contributed by atoms with Gasteiger partial charge in [0.2, 0.25) is 12.7 Å². The van der Waals surface area contributed by atoms with Crippen molar-refractivity contribution in [2.24, 2.45) is 0 Å². The number of nitrogens with zero attached hydrogens (tertiary/aromatic N) is 2. The molecule has 0 saturated carbocycles. The Hall–Kier alpha value is -3.13. The Bertz CT molecular complexity index is 990. The highest BCUT2D eigenvalue weighted by Gasteiger charge is 2.17. The molecule has 2 aromatic carbocycles. The van der Waals surface area contributed by atoms with Gasteiger partial charge in [-0.05, 0) is 24.6 Å². The molecule has 4 rings (SSSR count). The zero-order chi connectivity index (χ0) is 19.5. The smallest absolute Gasteiger partial charge is 0.231 e. The van der Waals surface area contributed by atoms with E-state index in [9.17, 15) is 4.79 Å². The minimum absolute atomic E-state index is 0.0978. The lowest BCUT2D eigenvalue weighted by atomic mass is 10.1. The number of fused-ring (bicyclic) bond motifs is 1. The monoisotopic (exact) mass is 396 g/mol. The number of nitrogens with two attached hydrogens (primary N) is 1. The van der Waals surface area contributed by atoms with Crippen molar-refractivity contribution in [3.63, 3.8) is 0 Å². The van der Waals surface area contributed by atoms with Gasteiger partial charge >= 0.3 is 0 Å². The van der Waals surface area contributed by atoms with Crippen LogP contribution in [0.25, 0.3) is 11.3 Å². The second-order valence-electron chi connectivity index (χ2n) is 6.37. The Labute approximate surface area is 166 Å². The molecule has 0 bridgehead atoms. The van der Waals surface area contributed by atoms with Crippen LogP contribution in [0.2, 0.25) is 0 Å². The number of hydrogen-bond acceptors (Lipinski definition) is 6. The Morgan fingerprint density at radius 1 is 1.25 bits per heavy atom. The van der Waals surface area contributed by atoms with Crippen LogP contribution in [-0.2, 0) is 4.79 Å². The van der Waals surface area contributed by atoms with Crippen molar-refractivity contribution in [3.8, 4) is 22.8 Å². The van der Waals surface area contributed by atoms with Gasteiger partial charge in [0.15, 0.2) is 16.7 Å². The number of amides is 1. The first-order chi connectivity index (χ1) is 13.6. The van der Waals surface area contributed by atoms with Crippen molar-refractivity contribution >= 4 is 17.7 Å². The van der Waals surface area contributed by atoms with E-state index in [1.54, 1.807) is 6.20 Å². The van der Waals surface area contributed by atoms with Gasteiger partial charge in [-0.1, -0.05) is 48.2 Å². The van der Waals surface area contributed by atoms with Gasteiger partial charge in [-0.15, -0.1) is 0 Å². The fourth-order valence-electron chi connectivity index (χ4n) is 2.91.